The molecule has 4 nitrogen and oxygen atoms in total. The van der Waals surface area contributed by atoms with Crippen molar-refractivity contribution in [3.63, 3.8) is 0 Å². The van der Waals surface area contributed by atoms with E-state index < -0.39 is 5.97 Å². The fourth-order valence-corrected chi connectivity index (χ4v) is 3.08. The molecule has 3 aromatic rings. The van der Waals surface area contributed by atoms with Crippen LogP contribution < -0.4 is 0 Å². The van der Waals surface area contributed by atoms with E-state index in [0.29, 0.717) is 11.7 Å². The first-order chi connectivity index (χ1) is 9.66. The largest absolute Gasteiger partial charge is 0.476 e. The molecule has 6 heteroatoms. The van der Waals surface area contributed by atoms with Crippen molar-refractivity contribution in [1.82, 2.24) is 4.98 Å². The van der Waals surface area contributed by atoms with E-state index in [4.69, 9.17) is 4.42 Å². The molecule has 3 rings (SSSR count). The van der Waals surface area contributed by atoms with Gasteiger partial charge in [-0.15, -0.1) is 11.3 Å². The Morgan fingerprint density at radius 2 is 2.05 bits per heavy atom. The first-order valence-corrected chi connectivity index (χ1v) is 7.65. The third-order valence-electron chi connectivity index (χ3n) is 2.68. The monoisotopic (exact) mass is 397 g/mol. The lowest BCUT2D eigenvalue weighted by Crippen LogP contribution is -1.99. The summed E-state index contributed by atoms with van der Waals surface area (Å²) >= 11 is 3.61. The second kappa shape index (κ2) is 5.37. The maximum atomic E-state index is 11.4. The van der Waals surface area contributed by atoms with E-state index in [0.717, 1.165) is 14.0 Å². The second-order valence-corrected chi connectivity index (χ2v) is 6.07. The molecule has 0 unspecified atom stereocenters. The molecule has 0 atom stereocenters. The number of carboxylic acid groups (broad SMARTS) is 1. The number of rotatable bonds is 3. The fourth-order valence-electron chi connectivity index (χ4n) is 1.80. The van der Waals surface area contributed by atoms with Crippen LogP contribution in [0.4, 0.5) is 0 Å². The summed E-state index contributed by atoms with van der Waals surface area (Å²) in [6.45, 7) is 0. The number of aromatic nitrogens is 1. The Bertz CT molecular complexity index is 765. The predicted octanol–water partition coefficient (Wildman–Crippen LogP) is 4.37. The zero-order chi connectivity index (χ0) is 14.1. The molecule has 0 bridgehead atoms. The Hall–Kier alpha value is -1.67. The summed E-state index contributed by atoms with van der Waals surface area (Å²) in [5.74, 6) is -0.454. The van der Waals surface area contributed by atoms with Crippen LogP contribution in [0.1, 0.15) is 10.5 Å². The Morgan fingerprint density at radius 1 is 1.25 bits per heavy atom. The number of oxazole rings is 1. The van der Waals surface area contributed by atoms with Crippen LogP contribution >= 0.6 is 33.9 Å². The van der Waals surface area contributed by atoms with Gasteiger partial charge in [-0.05, 0) is 40.1 Å². The molecule has 2 heterocycles. The quantitative estimate of drug-likeness (QED) is 0.667. The molecule has 1 aromatic carbocycles. The van der Waals surface area contributed by atoms with E-state index in [1.54, 1.807) is 0 Å². The number of halogens is 1. The van der Waals surface area contributed by atoms with Crippen LogP contribution in [0.5, 0.6) is 0 Å². The van der Waals surface area contributed by atoms with E-state index in [2.05, 4.69) is 27.6 Å². The fraction of sp³-hybridized carbons (Fsp3) is 0. The third-order valence-corrected chi connectivity index (χ3v) is 4.48. The number of hydrogen-bond donors (Lipinski definition) is 1. The topological polar surface area (TPSA) is 63.3 Å². The molecule has 0 amide bonds. The van der Waals surface area contributed by atoms with E-state index in [-0.39, 0.29) is 5.69 Å². The molecule has 0 aliphatic carbocycles. The van der Waals surface area contributed by atoms with Gasteiger partial charge in [0.25, 0.3) is 0 Å². The van der Waals surface area contributed by atoms with Crippen molar-refractivity contribution < 1.29 is 14.3 Å². The number of thiophene rings is 1. The molecule has 0 aliphatic rings. The second-order valence-electron chi connectivity index (χ2n) is 3.96. The van der Waals surface area contributed by atoms with Gasteiger partial charge in [0.15, 0.2) is 11.5 Å². The van der Waals surface area contributed by atoms with Crippen LogP contribution in [0.3, 0.4) is 0 Å². The highest BCUT2D eigenvalue weighted by Gasteiger charge is 2.23. The van der Waals surface area contributed by atoms with E-state index in [1.165, 1.54) is 11.3 Å². The summed E-state index contributed by atoms with van der Waals surface area (Å²) in [6, 6.07) is 11.2. The molecule has 0 fully saturated rings. The van der Waals surface area contributed by atoms with Crippen molar-refractivity contribution >= 4 is 39.9 Å². The number of aromatic carboxylic acids is 1. The molecular formula is C14H8INO3S. The van der Waals surface area contributed by atoms with Crippen molar-refractivity contribution in [3.05, 3.63) is 51.0 Å². The number of nitrogens with zero attached hydrogens (tertiary/aromatic N) is 1. The van der Waals surface area contributed by atoms with Gasteiger partial charge >= 0.3 is 5.97 Å². The lowest BCUT2D eigenvalue weighted by atomic mass is 10.1. The maximum absolute atomic E-state index is 11.4. The molecular weight excluding hydrogens is 389 g/mol. The van der Waals surface area contributed by atoms with Crippen LogP contribution in [0.25, 0.3) is 22.1 Å². The standard InChI is InChI=1S/C14H8INO3S/c15-9-5-2-1-4-8(9)12-11(14(17)18)16-13(19-12)10-6-3-7-20-10/h1-7H,(H,17,18). The zero-order valence-electron chi connectivity index (χ0n) is 10.0. The normalized spacial score (nSPS) is 10.7. The molecule has 0 radical (unpaired) electrons. The SMILES string of the molecule is O=C(O)c1nc(-c2cccs2)oc1-c1ccccc1I. The average Bonchev–Trinajstić information content (AvgIpc) is 3.08. The van der Waals surface area contributed by atoms with Gasteiger partial charge in [0, 0.05) is 9.13 Å². The minimum absolute atomic E-state index is 0.0579. The first kappa shape index (κ1) is 13.3. The highest BCUT2D eigenvalue weighted by Crippen LogP contribution is 2.33. The van der Waals surface area contributed by atoms with Crippen LogP contribution in [0.15, 0.2) is 46.2 Å². The Kier molecular flexibility index (Phi) is 3.58. The Labute approximate surface area is 132 Å². The van der Waals surface area contributed by atoms with Gasteiger partial charge in [-0.1, -0.05) is 24.3 Å². The van der Waals surface area contributed by atoms with Crippen LogP contribution in [0.2, 0.25) is 0 Å². The average molecular weight is 397 g/mol. The van der Waals surface area contributed by atoms with Crippen molar-refractivity contribution in [2.24, 2.45) is 0 Å². The summed E-state index contributed by atoms with van der Waals surface area (Å²) in [5.41, 5.74) is 0.679. The van der Waals surface area contributed by atoms with Gasteiger partial charge in [0.2, 0.25) is 5.89 Å². The lowest BCUT2D eigenvalue weighted by molar-refractivity contribution is 0.0691. The van der Waals surface area contributed by atoms with Gasteiger partial charge in [-0.25, -0.2) is 9.78 Å². The minimum atomic E-state index is -1.09. The maximum Gasteiger partial charge on any atom is 0.358 e. The molecule has 0 spiro atoms. The Morgan fingerprint density at radius 3 is 2.70 bits per heavy atom. The van der Waals surface area contributed by atoms with Crippen molar-refractivity contribution in [2.75, 3.05) is 0 Å². The van der Waals surface area contributed by atoms with Gasteiger partial charge in [0.1, 0.15) is 0 Å². The molecule has 100 valence electrons. The summed E-state index contributed by atoms with van der Waals surface area (Å²) < 4.78 is 6.62. The number of hydrogen-bond acceptors (Lipinski definition) is 4. The van der Waals surface area contributed by atoms with Crippen molar-refractivity contribution in [2.45, 2.75) is 0 Å². The molecule has 2 aromatic heterocycles. The smallest absolute Gasteiger partial charge is 0.358 e. The lowest BCUT2D eigenvalue weighted by Gasteiger charge is -2.00. The van der Waals surface area contributed by atoms with E-state index in [1.807, 2.05) is 41.8 Å². The zero-order valence-corrected chi connectivity index (χ0v) is 13.0. The molecule has 0 saturated heterocycles. The predicted molar refractivity (Wildman–Crippen MR) is 84.9 cm³/mol. The van der Waals surface area contributed by atoms with E-state index >= 15 is 0 Å². The van der Waals surface area contributed by atoms with Crippen LogP contribution in [-0.4, -0.2) is 16.1 Å². The molecule has 20 heavy (non-hydrogen) atoms. The summed E-state index contributed by atoms with van der Waals surface area (Å²) in [6.07, 6.45) is 0. The highest BCUT2D eigenvalue weighted by molar-refractivity contribution is 14.1. The summed E-state index contributed by atoms with van der Waals surface area (Å²) in [7, 11) is 0. The van der Waals surface area contributed by atoms with E-state index in [9.17, 15) is 9.90 Å². The van der Waals surface area contributed by atoms with Crippen molar-refractivity contribution in [3.8, 4) is 22.1 Å². The van der Waals surface area contributed by atoms with Gasteiger partial charge < -0.3 is 9.52 Å². The molecule has 0 aliphatic heterocycles. The first-order valence-electron chi connectivity index (χ1n) is 5.69. The summed E-state index contributed by atoms with van der Waals surface area (Å²) in [5, 5.41) is 11.2. The Balaban J connectivity index is 2.20. The van der Waals surface area contributed by atoms with Gasteiger partial charge in [-0.2, -0.15) is 0 Å². The van der Waals surface area contributed by atoms with Crippen molar-refractivity contribution in [1.29, 1.82) is 0 Å². The van der Waals surface area contributed by atoms with Gasteiger partial charge in [-0.3, -0.25) is 0 Å². The number of benzene rings is 1. The third kappa shape index (κ3) is 2.36. The minimum Gasteiger partial charge on any atom is -0.476 e. The van der Waals surface area contributed by atoms with Crippen LogP contribution in [-0.2, 0) is 0 Å². The molecule has 1 N–H and O–H groups in total. The number of carboxylic acids is 1. The van der Waals surface area contributed by atoms with Gasteiger partial charge in [0.05, 0.1) is 4.88 Å². The highest BCUT2D eigenvalue weighted by atomic mass is 127. The van der Waals surface area contributed by atoms with Crippen LogP contribution in [0, 0.1) is 3.57 Å². The number of carbonyl (C=O) groups is 1. The molecule has 0 saturated carbocycles. The summed E-state index contributed by atoms with van der Waals surface area (Å²) in [4.78, 5) is 16.3.